The number of allylic oxidation sites excluding steroid dienone is 2. The molecule has 172 valence electrons. The number of aryl methyl sites for hydroxylation is 2. The molecule has 0 radical (unpaired) electrons. The third-order valence-electron chi connectivity index (χ3n) is 7.81. The molecule has 32 heavy (non-hydrogen) atoms. The van der Waals surface area contributed by atoms with Crippen LogP contribution in [0.15, 0.2) is 18.2 Å². The number of fused-ring (bicyclic) bond motifs is 1. The maximum Gasteiger partial charge on any atom is 0.222 e. The maximum absolute atomic E-state index is 12.6. The van der Waals surface area contributed by atoms with E-state index in [1.807, 2.05) is 9.42 Å². The molecule has 2 aliphatic heterocycles. The van der Waals surface area contributed by atoms with Gasteiger partial charge in [-0.15, -0.1) is 0 Å². The van der Waals surface area contributed by atoms with Crippen LogP contribution in [0, 0.1) is 19.8 Å². The number of likely N-dealkylation sites (tertiary alicyclic amines) is 2. The van der Waals surface area contributed by atoms with Gasteiger partial charge in [-0.2, -0.15) is 5.10 Å². The summed E-state index contributed by atoms with van der Waals surface area (Å²) in [7, 11) is 0. The molecule has 4 heterocycles. The van der Waals surface area contributed by atoms with Crippen molar-refractivity contribution in [2.45, 2.75) is 77.7 Å². The van der Waals surface area contributed by atoms with Crippen molar-refractivity contribution in [3.63, 3.8) is 0 Å². The van der Waals surface area contributed by atoms with E-state index < -0.39 is 0 Å². The number of amides is 1. The summed E-state index contributed by atoms with van der Waals surface area (Å²) in [4.78, 5) is 22.1. The topological polar surface area (TPSA) is 53.7 Å². The fourth-order valence-corrected chi connectivity index (χ4v) is 5.96. The van der Waals surface area contributed by atoms with E-state index in [1.54, 1.807) is 0 Å². The first-order valence-corrected chi connectivity index (χ1v) is 12.6. The monoisotopic (exact) mass is 435 g/mol. The minimum absolute atomic E-state index is 0.279. The second-order valence-electron chi connectivity index (χ2n) is 9.99. The quantitative estimate of drug-likeness (QED) is 0.632. The maximum atomic E-state index is 12.6. The standard InChI is InChI=1S/C26H37N5O/c1-19-22(12-13-26(32)29-14-6-7-15-29)20(2)31-25(27-19)17-23(28-31)24-11-8-16-30(24)18-21-9-4-3-5-10-21/h3-4,17,21,24H,5-16,18H2,1-2H3/t21-,24+/m0/s1. The van der Waals surface area contributed by atoms with Gasteiger partial charge in [0.1, 0.15) is 0 Å². The van der Waals surface area contributed by atoms with Crippen LogP contribution >= 0.6 is 0 Å². The van der Waals surface area contributed by atoms with Gasteiger partial charge in [0.25, 0.3) is 0 Å². The zero-order chi connectivity index (χ0) is 22.1. The Kier molecular flexibility index (Phi) is 6.31. The van der Waals surface area contributed by atoms with Crippen LogP contribution in [0.4, 0.5) is 0 Å². The lowest BCUT2D eigenvalue weighted by Crippen LogP contribution is -2.30. The van der Waals surface area contributed by atoms with Crippen LogP contribution in [0.2, 0.25) is 0 Å². The third kappa shape index (κ3) is 4.34. The fourth-order valence-electron chi connectivity index (χ4n) is 5.96. The summed E-state index contributed by atoms with van der Waals surface area (Å²) in [6, 6.07) is 2.60. The largest absolute Gasteiger partial charge is 0.343 e. The van der Waals surface area contributed by atoms with Gasteiger partial charge in [-0.25, -0.2) is 9.50 Å². The molecule has 6 heteroatoms. The van der Waals surface area contributed by atoms with Crippen LogP contribution in [0.1, 0.15) is 80.1 Å². The van der Waals surface area contributed by atoms with Crippen LogP contribution in [0.5, 0.6) is 0 Å². The van der Waals surface area contributed by atoms with Crippen molar-refractivity contribution in [2.75, 3.05) is 26.2 Å². The first kappa shape index (κ1) is 21.6. The van der Waals surface area contributed by atoms with E-state index >= 15 is 0 Å². The first-order valence-electron chi connectivity index (χ1n) is 12.6. The minimum Gasteiger partial charge on any atom is -0.343 e. The molecule has 2 saturated heterocycles. The lowest BCUT2D eigenvalue weighted by Gasteiger charge is -2.28. The number of carbonyl (C=O) groups is 1. The van der Waals surface area contributed by atoms with Crippen LogP contribution in [0.3, 0.4) is 0 Å². The Morgan fingerprint density at radius 2 is 1.94 bits per heavy atom. The van der Waals surface area contributed by atoms with Crippen molar-refractivity contribution in [2.24, 2.45) is 5.92 Å². The Labute approximate surface area is 191 Å². The van der Waals surface area contributed by atoms with Gasteiger partial charge in [-0.1, -0.05) is 12.2 Å². The number of nitrogens with zero attached hydrogens (tertiary/aromatic N) is 5. The smallest absolute Gasteiger partial charge is 0.222 e. The number of carbonyl (C=O) groups excluding carboxylic acids is 1. The summed E-state index contributed by atoms with van der Waals surface area (Å²) < 4.78 is 2.03. The van der Waals surface area contributed by atoms with E-state index in [4.69, 9.17) is 10.1 Å². The van der Waals surface area contributed by atoms with Crippen molar-refractivity contribution in [3.05, 3.63) is 40.9 Å². The molecule has 2 fully saturated rings. The van der Waals surface area contributed by atoms with E-state index in [0.717, 1.165) is 61.0 Å². The summed E-state index contributed by atoms with van der Waals surface area (Å²) in [5.74, 6) is 1.06. The number of aromatic nitrogens is 3. The number of rotatable bonds is 6. The SMILES string of the molecule is Cc1nc2cc([C@H]3CCCN3C[C@H]3CC=CCC3)nn2c(C)c1CCC(=O)N1CCCC1. The van der Waals surface area contributed by atoms with E-state index in [0.29, 0.717) is 12.5 Å². The van der Waals surface area contributed by atoms with Gasteiger partial charge < -0.3 is 4.90 Å². The normalized spacial score (nSPS) is 24.1. The van der Waals surface area contributed by atoms with Gasteiger partial charge >= 0.3 is 0 Å². The highest BCUT2D eigenvalue weighted by atomic mass is 16.2. The van der Waals surface area contributed by atoms with Gasteiger partial charge in [-0.3, -0.25) is 9.69 Å². The molecular formula is C26H37N5O. The van der Waals surface area contributed by atoms with E-state index in [-0.39, 0.29) is 5.91 Å². The number of hydrogen-bond donors (Lipinski definition) is 0. The molecule has 0 spiro atoms. The predicted molar refractivity (Wildman–Crippen MR) is 127 cm³/mol. The molecule has 0 bridgehead atoms. The predicted octanol–water partition coefficient (Wildman–Crippen LogP) is 4.39. The van der Waals surface area contributed by atoms with Gasteiger partial charge in [0.05, 0.1) is 11.7 Å². The average Bonchev–Trinajstić information content (AvgIpc) is 3.55. The van der Waals surface area contributed by atoms with Crippen molar-refractivity contribution >= 4 is 11.6 Å². The molecular weight excluding hydrogens is 398 g/mol. The Hall–Kier alpha value is -2.21. The molecule has 0 N–H and O–H groups in total. The molecule has 0 saturated carbocycles. The Balaban J connectivity index is 1.33. The third-order valence-corrected chi connectivity index (χ3v) is 7.81. The van der Waals surface area contributed by atoms with Gasteiger partial charge in [0.2, 0.25) is 5.91 Å². The molecule has 0 unspecified atom stereocenters. The van der Waals surface area contributed by atoms with Crippen molar-refractivity contribution in [1.29, 1.82) is 0 Å². The summed E-state index contributed by atoms with van der Waals surface area (Å²) in [5.41, 5.74) is 5.45. The lowest BCUT2D eigenvalue weighted by atomic mass is 9.93. The van der Waals surface area contributed by atoms with Crippen LogP contribution in [0.25, 0.3) is 5.65 Å². The van der Waals surface area contributed by atoms with Crippen molar-refractivity contribution < 1.29 is 4.79 Å². The van der Waals surface area contributed by atoms with Crippen LogP contribution in [-0.4, -0.2) is 56.5 Å². The molecule has 2 aromatic heterocycles. The molecule has 0 aromatic carbocycles. The molecule has 2 aromatic rings. The Bertz CT molecular complexity index is 1000. The minimum atomic E-state index is 0.279. The van der Waals surface area contributed by atoms with E-state index in [9.17, 15) is 4.79 Å². The van der Waals surface area contributed by atoms with Gasteiger partial charge in [0, 0.05) is 43.5 Å². The van der Waals surface area contributed by atoms with Crippen molar-refractivity contribution in [3.8, 4) is 0 Å². The second kappa shape index (κ2) is 9.34. The summed E-state index contributed by atoms with van der Waals surface area (Å²) in [6.45, 7) is 8.41. The molecule has 5 rings (SSSR count). The first-order chi connectivity index (χ1) is 15.6. The lowest BCUT2D eigenvalue weighted by molar-refractivity contribution is -0.130. The fraction of sp³-hybridized carbons (Fsp3) is 0.654. The van der Waals surface area contributed by atoms with Gasteiger partial charge in [-0.05, 0) is 83.2 Å². The molecule has 6 nitrogen and oxygen atoms in total. The van der Waals surface area contributed by atoms with E-state index in [1.165, 1.54) is 50.8 Å². The van der Waals surface area contributed by atoms with Crippen LogP contribution in [-0.2, 0) is 11.2 Å². The van der Waals surface area contributed by atoms with E-state index in [2.05, 4.69) is 37.0 Å². The summed E-state index contributed by atoms with van der Waals surface area (Å²) in [6.07, 6.45) is 14.5. The number of hydrogen-bond acceptors (Lipinski definition) is 4. The van der Waals surface area contributed by atoms with Crippen molar-refractivity contribution in [1.82, 2.24) is 24.4 Å². The Morgan fingerprint density at radius 1 is 1.09 bits per heavy atom. The Morgan fingerprint density at radius 3 is 2.72 bits per heavy atom. The zero-order valence-electron chi connectivity index (χ0n) is 19.7. The summed E-state index contributed by atoms with van der Waals surface area (Å²) >= 11 is 0. The van der Waals surface area contributed by atoms with Crippen LogP contribution < -0.4 is 0 Å². The highest BCUT2D eigenvalue weighted by molar-refractivity contribution is 5.76. The molecule has 1 aliphatic carbocycles. The second-order valence-corrected chi connectivity index (χ2v) is 9.99. The molecule has 2 atom stereocenters. The van der Waals surface area contributed by atoms with Gasteiger partial charge in [0.15, 0.2) is 5.65 Å². The molecule has 1 amide bonds. The highest BCUT2D eigenvalue weighted by Gasteiger charge is 2.30. The summed E-state index contributed by atoms with van der Waals surface area (Å²) in [5, 5.41) is 5.05. The highest BCUT2D eigenvalue weighted by Crippen LogP contribution is 2.34. The molecule has 3 aliphatic rings. The average molecular weight is 436 g/mol. The zero-order valence-corrected chi connectivity index (χ0v) is 19.7.